The molecule has 0 fully saturated rings. The maximum Gasteiger partial charge on any atom is 0.0312 e. The summed E-state index contributed by atoms with van der Waals surface area (Å²) < 4.78 is 2.42. The van der Waals surface area contributed by atoms with Crippen molar-refractivity contribution in [3.05, 3.63) is 23.5 Å². The van der Waals surface area contributed by atoms with Crippen LogP contribution in [0.2, 0.25) is 0 Å². The Morgan fingerprint density at radius 1 is 1.62 bits per heavy atom. The molecule has 0 aromatic carbocycles. The molecule has 2 N–H and O–H groups in total. The van der Waals surface area contributed by atoms with Crippen molar-refractivity contribution in [2.24, 2.45) is 5.73 Å². The van der Waals surface area contributed by atoms with E-state index in [-0.39, 0.29) is 6.04 Å². The molecule has 0 spiro atoms. The molecule has 0 amide bonds. The normalized spacial score (nSPS) is 21.8. The third-order valence-electron chi connectivity index (χ3n) is 3.62. The van der Waals surface area contributed by atoms with Crippen LogP contribution in [0.1, 0.15) is 43.5 Å². The van der Waals surface area contributed by atoms with Gasteiger partial charge in [0.2, 0.25) is 0 Å². The standard InChI is InChI=1S/C13H22N2S/c1-10(16-2)6-8-15-9-7-11-12(14)4-3-5-13(11)15/h7,9-10,12H,3-6,8,14H2,1-2H3. The quantitative estimate of drug-likeness (QED) is 0.874. The van der Waals surface area contributed by atoms with Gasteiger partial charge in [-0.1, -0.05) is 6.92 Å². The molecule has 0 saturated heterocycles. The largest absolute Gasteiger partial charge is 0.351 e. The molecule has 2 unspecified atom stereocenters. The average Bonchev–Trinajstić information content (AvgIpc) is 2.70. The molecule has 1 aromatic heterocycles. The van der Waals surface area contributed by atoms with Crippen LogP contribution in [0, 0.1) is 0 Å². The molecular formula is C13H22N2S. The highest BCUT2D eigenvalue weighted by molar-refractivity contribution is 7.99. The second-order valence-electron chi connectivity index (χ2n) is 4.74. The van der Waals surface area contributed by atoms with Gasteiger partial charge in [-0.15, -0.1) is 0 Å². The van der Waals surface area contributed by atoms with E-state index in [1.165, 1.54) is 30.5 Å². The summed E-state index contributed by atoms with van der Waals surface area (Å²) in [4.78, 5) is 0. The molecule has 90 valence electrons. The van der Waals surface area contributed by atoms with Crippen molar-refractivity contribution in [3.63, 3.8) is 0 Å². The van der Waals surface area contributed by atoms with Gasteiger partial charge in [0.15, 0.2) is 0 Å². The van der Waals surface area contributed by atoms with E-state index in [9.17, 15) is 0 Å². The van der Waals surface area contributed by atoms with E-state index in [1.807, 2.05) is 11.8 Å². The van der Waals surface area contributed by atoms with Crippen molar-refractivity contribution in [1.29, 1.82) is 0 Å². The highest BCUT2D eigenvalue weighted by Crippen LogP contribution is 2.29. The van der Waals surface area contributed by atoms with Gasteiger partial charge in [-0.3, -0.25) is 0 Å². The van der Waals surface area contributed by atoms with Crippen LogP contribution >= 0.6 is 11.8 Å². The van der Waals surface area contributed by atoms with Gasteiger partial charge in [0.05, 0.1) is 0 Å². The number of aryl methyl sites for hydroxylation is 1. The predicted octanol–water partition coefficient (Wildman–Crippen LogP) is 2.97. The highest BCUT2D eigenvalue weighted by Gasteiger charge is 2.19. The number of hydrogen-bond donors (Lipinski definition) is 1. The lowest BCUT2D eigenvalue weighted by molar-refractivity contribution is 0.531. The van der Waals surface area contributed by atoms with E-state index in [0.29, 0.717) is 0 Å². The zero-order chi connectivity index (χ0) is 11.5. The Labute approximate surface area is 103 Å². The van der Waals surface area contributed by atoms with Gasteiger partial charge < -0.3 is 10.3 Å². The van der Waals surface area contributed by atoms with Gasteiger partial charge in [0.25, 0.3) is 0 Å². The van der Waals surface area contributed by atoms with Gasteiger partial charge in [0.1, 0.15) is 0 Å². The number of fused-ring (bicyclic) bond motifs is 1. The van der Waals surface area contributed by atoms with Crippen molar-refractivity contribution >= 4 is 11.8 Å². The summed E-state index contributed by atoms with van der Waals surface area (Å²) >= 11 is 1.95. The molecule has 16 heavy (non-hydrogen) atoms. The topological polar surface area (TPSA) is 30.9 Å². The van der Waals surface area contributed by atoms with Crippen LogP contribution in [0.4, 0.5) is 0 Å². The molecule has 2 nitrogen and oxygen atoms in total. The first-order chi connectivity index (χ1) is 7.72. The number of nitrogens with zero attached hydrogens (tertiary/aromatic N) is 1. The molecule has 0 aliphatic heterocycles. The summed E-state index contributed by atoms with van der Waals surface area (Å²) in [5, 5.41) is 0.746. The van der Waals surface area contributed by atoms with Gasteiger partial charge in [-0.2, -0.15) is 11.8 Å². The smallest absolute Gasteiger partial charge is 0.0312 e. The Balaban J connectivity index is 2.05. The molecule has 0 bridgehead atoms. The SMILES string of the molecule is CSC(C)CCn1ccc2c1CCCC2N. The van der Waals surface area contributed by atoms with E-state index >= 15 is 0 Å². The Morgan fingerprint density at radius 3 is 3.19 bits per heavy atom. The van der Waals surface area contributed by atoms with Crippen molar-refractivity contribution in [2.45, 2.75) is 50.4 Å². The highest BCUT2D eigenvalue weighted by atomic mass is 32.2. The van der Waals surface area contributed by atoms with Crippen molar-refractivity contribution in [3.8, 4) is 0 Å². The van der Waals surface area contributed by atoms with Crippen LogP contribution in [-0.4, -0.2) is 16.1 Å². The Kier molecular flexibility index (Phi) is 3.98. The molecule has 1 aliphatic carbocycles. The first-order valence-electron chi connectivity index (χ1n) is 6.18. The maximum absolute atomic E-state index is 6.12. The molecule has 3 heteroatoms. The molecule has 1 heterocycles. The van der Waals surface area contributed by atoms with Crippen molar-refractivity contribution in [1.82, 2.24) is 4.57 Å². The van der Waals surface area contributed by atoms with Gasteiger partial charge in [-0.05, 0) is 43.6 Å². The molecule has 2 rings (SSSR count). The van der Waals surface area contributed by atoms with Crippen LogP contribution < -0.4 is 5.73 Å². The maximum atomic E-state index is 6.12. The van der Waals surface area contributed by atoms with Crippen molar-refractivity contribution in [2.75, 3.05) is 6.26 Å². The van der Waals surface area contributed by atoms with Crippen LogP contribution in [0.5, 0.6) is 0 Å². The Hall–Kier alpha value is -0.410. The number of thioether (sulfide) groups is 1. The van der Waals surface area contributed by atoms with Crippen LogP contribution in [0.15, 0.2) is 12.3 Å². The number of rotatable bonds is 4. The zero-order valence-corrected chi connectivity index (χ0v) is 11.1. The predicted molar refractivity (Wildman–Crippen MR) is 71.9 cm³/mol. The molecular weight excluding hydrogens is 216 g/mol. The van der Waals surface area contributed by atoms with Gasteiger partial charge in [0, 0.05) is 29.7 Å². The van der Waals surface area contributed by atoms with Gasteiger partial charge >= 0.3 is 0 Å². The summed E-state index contributed by atoms with van der Waals surface area (Å²) in [6, 6.07) is 2.51. The van der Waals surface area contributed by atoms with Crippen LogP contribution in [0.25, 0.3) is 0 Å². The molecule has 2 atom stereocenters. The monoisotopic (exact) mass is 238 g/mol. The Morgan fingerprint density at radius 2 is 2.44 bits per heavy atom. The molecule has 0 radical (unpaired) electrons. The molecule has 1 aliphatic rings. The minimum Gasteiger partial charge on any atom is -0.351 e. The third kappa shape index (κ3) is 2.46. The summed E-state index contributed by atoms with van der Waals surface area (Å²) in [6.45, 7) is 3.44. The number of nitrogens with two attached hydrogens (primary N) is 1. The first kappa shape index (κ1) is 12.1. The summed E-state index contributed by atoms with van der Waals surface area (Å²) in [7, 11) is 0. The van der Waals surface area contributed by atoms with E-state index in [2.05, 4.69) is 30.0 Å². The third-order valence-corrected chi connectivity index (χ3v) is 4.66. The van der Waals surface area contributed by atoms with E-state index in [1.54, 1.807) is 0 Å². The van der Waals surface area contributed by atoms with E-state index in [0.717, 1.165) is 18.2 Å². The minimum atomic E-state index is 0.281. The summed E-state index contributed by atoms with van der Waals surface area (Å²) in [6.07, 6.45) is 9.27. The number of hydrogen-bond acceptors (Lipinski definition) is 2. The zero-order valence-electron chi connectivity index (χ0n) is 10.3. The number of aromatic nitrogens is 1. The van der Waals surface area contributed by atoms with E-state index < -0.39 is 0 Å². The fourth-order valence-electron chi connectivity index (χ4n) is 2.44. The Bertz CT molecular complexity index is 346. The van der Waals surface area contributed by atoms with Gasteiger partial charge in [-0.25, -0.2) is 0 Å². The minimum absolute atomic E-state index is 0.281. The molecule has 1 aromatic rings. The van der Waals surface area contributed by atoms with Crippen LogP contribution in [0.3, 0.4) is 0 Å². The second-order valence-corrected chi connectivity index (χ2v) is 6.02. The fraction of sp³-hybridized carbons (Fsp3) is 0.692. The molecule has 0 saturated carbocycles. The lowest BCUT2D eigenvalue weighted by atomic mass is 9.94. The van der Waals surface area contributed by atoms with Crippen LogP contribution in [-0.2, 0) is 13.0 Å². The first-order valence-corrected chi connectivity index (χ1v) is 7.47. The van der Waals surface area contributed by atoms with Crippen molar-refractivity contribution < 1.29 is 0 Å². The fourth-order valence-corrected chi connectivity index (χ4v) is 2.78. The average molecular weight is 238 g/mol. The second kappa shape index (κ2) is 5.28. The summed E-state index contributed by atoms with van der Waals surface area (Å²) in [5.74, 6) is 0. The lowest BCUT2D eigenvalue weighted by Crippen LogP contribution is -2.18. The lowest BCUT2D eigenvalue weighted by Gasteiger charge is -2.21. The summed E-state index contributed by atoms with van der Waals surface area (Å²) in [5.41, 5.74) is 9.01. The van der Waals surface area contributed by atoms with E-state index in [4.69, 9.17) is 5.73 Å².